The maximum absolute atomic E-state index is 11.9. The van der Waals surface area contributed by atoms with Crippen molar-refractivity contribution in [3.63, 3.8) is 0 Å². The van der Waals surface area contributed by atoms with Gasteiger partial charge in [0.15, 0.2) is 0 Å². The van der Waals surface area contributed by atoms with E-state index in [9.17, 15) is 4.79 Å². The van der Waals surface area contributed by atoms with Gasteiger partial charge in [-0.1, -0.05) is 43.2 Å². The molecular formula is C16H21NO. The van der Waals surface area contributed by atoms with Crippen LogP contribution >= 0.6 is 0 Å². The third-order valence-electron chi connectivity index (χ3n) is 3.57. The minimum absolute atomic E-state index is 0.0609. The van der Waals surface area contributed by atoms with E-state index in [2.05, 4.69) is 5.32 Å². The second kappa shape index (κ2) is 6.39. The predicted octanol–water partition coefficient (Wildman–Crippen LogP) is 3.40. The van der Waals surface area contributed by atoms with Crippen LogP contribution in [0.15, 0.2) is 35.9 Å². The second-order valence-corrected chi connectivity index (χ2v) is 5.10. The van der Waals surface area contributed by atoms with Gasteiger partial charge in [-0.3, -0.25) is 4.79 Å². The van der Waals surface area contributed by atoms with Crippen molar-refractivity contribution < 1.29 is 4.79 Å². The lowest BCUT2D eigenvalue weighted by atomic mass is 10.1. The first-order valence-electron chi connectivity index (χ1n) is 6.77. The molecule has 2 heteroatoms. The highest BCUT2D eigenvalue weighted by atomic mass is 16.1. The number of rotatable bonds is 4. The van der Waals surface area contributed by atoms with Gasteiger partial charge < -0.3 is 5.32 Å². The van der Waals surface area contributed by atoms with Gasteiger partial charge in [0.1, 0.15) is 0 Å². The number of hydrogen-bond acceptors (Lipinski definition) is 1. The van der Waals surface area contributed by atoms with Crippen LogP contribution in [0.2, 0.25) is 0 Å². The molecule has 0 bridgehead atoms. The van der Waals surface area contributed by atoms with E-state index in [0.29, 0.717) is 5.92 Å². The highest BCUT2D eigenvalue weighted by molar-refractivity contribution is 5.97. The smallest absolute Gasteiger partial charge is 0.246 e. The van der Waals surface area contributed by atoms with Crippen molar-refractivity contribution >= 4 is 12.0 Å². The fourth-order valence-electron chi connectivity index (χ4n) is 2.46. The van der Waals surface area contributed by atoms with Crippen LogP contribution in [0.3, 0.4) is 0 Å². The Hall–Kier alpha value is -1.57. The molecule has 1 N–H and O–H groups in total. The Labute approximate surface area is 109 Å². The van der Waals surface area contributed by atoms with E-state index < -0.39 is 0 Å². The molecule has 1 amide bonds. The quantitative estimate of drug-likeness (QED) is 0.807. The molecule has 0 unspecified atom stereocenters. The molecule has 1 aliphatic rings. The average molecular weight is 243 g/mol. The molecule has 2 nitrogen and oxygen atoms in total. The Kier molecular flexibility index (Phi) is 4.57. The van der Waals surface area contributed by atoms with Crippen LogP contribution in [0, 0.1) is 5.92 Å². The van der Waals surface area contributed by atoms with Crippen LogP contribution in [0.5, 0.6) is 0 Å². The molecule has 96 valence electrons. The first-order chi connectivity index (χ1) is 8.75. The molecule has 1 saturated carbocycles. The van der Waals surface area contributed by atoms with Gasteiger partial charge in [-0.2, -0.15) is 0 Å². The maximum Gasteiger partial charge on any atom is 0.246 e. The molecule has 0 radical (unpaired) electrons. The van der Waals surface area contributed by atoms with Crippen molar-refractivity contribution in [2.45, 2.75) is 32.6 Å². The number of carbonyl (C=O) groups is 1. The summed E-state index contributed by atoms with van der Waals surface area (Å²) in [5.41, 5.74) is 1.85. The molecule has 0 saturated heterocycles. The molecule has 1 aliphatic carbocycles. The Morgan fingerprint density at radius 3 is 2.61 bits per heavy atom. The van der Waals surface area contributed by atoms with E-state index >= 15 is 0 Å². The standard InChI is InChI=1S/C16H21NO/c1-13(11-14-7-3-2-4-8-14)16(18)17-12-15-9-5-6-10-15/h2-4,7-8,11,15H,5-6,9-10,12H2,1H3,(H,17,18)/b13-11+. The van der Waals surface area contributed by atoms with Crippen molar-refractivity contribution in [2.75, 3.05) is 6.54 Å². The SMILES string of the molecule is C/C(=C\c1ccccc1)C(=O)NCC1CCCC1. The van der Waals surface area contributed by atoms with Crippen molar-refractivity contribution in [3.8, 4) is 0 Å². The summed E-state index contributed by atoms with van der Waals surface area (Å²) in [6.45, 7) is 2.70. The molecule has 0 heterocycles. The van der Waals surface area contributed by atoms with Crippen LogP contribution in [-0.2, 0) is 4.79 Å². The molecule has 0 aromatic heterocycles. The monoisotopic (exact) mass is 243 g/mol. The van der Waals surface area contributed by atoms with Gasteiger partial charge in [0.25, 0.3) is 0 Å². The van der Waals surface area contributed by atoms with Crippen LogP contribution in [0.4, 0.5) is 0 Å². The van der Waals surface area contributed by atoms with Gasteiger partial charge in [0.05, 0.1) is 0 Å². The summed E-state index contributed by atoms with van der Waals surface area (Å²) in [5, 5.41) is 3.04. The minimum atomic E-state index is 0.0609. The first-order valence-corrected chi connectivity index (χ1v) is 6.77. The highest BCUT2D eigenvalue weighted by Gasteiger charge is 2.15. The van der Waals surface area contributed by atoms with Gasteiger partial charge in [0.2, 0.25) is 5.91 Å². The maximum atomic E-state index is 11.9. The van der Waals surface area contributed by atoms with Gasteiger partial charge >= 0.3 is 0 Å². The number of hydrogen-bond donors (Lipinski definition) is 1. The zero-order valence-corrected chi connectivity index (χ0v) is 11.0. The zero-order valence-electron chi connectivity index (χ0n) is 11.0. The summed E-state index contributed by atoms with van der Waals surface area (Å²) in [5.74, 6) is 0.754. The van der Waals surface area contributed by atoms with Crippen molar-refractivity contribution in [3.05, 3.63) is 41.5 Å². The Bertz CT molecular complexity index is 416. The van der Waals surface area contributed by atoms with E-state index in [4.69, 9.17) is 0 Å². The molecule has 1 aromatic rings. The molecular weight excluding hydrogens is 222 g/mol. The largest absolute Gasteiger partial charge is 0.352 e. The molecule has 0 spiro atoms. The van der Waals surface area contributed by atoms with Crippen LogP contribution in [0.25, 0.3) is 6.08 Å². The topological polar surface area (TPSA) is 29.1 Å². The lowest BCUT2D eigenvalue weighted by molar-refractivity contribution is -0.117. The Balaban J connectivity index is 1.86. The molecule has 1 aromatic carbocycles. The van der Waals surface area contributed by atoms with E-state index in [1.165, 1.54) is 25.7 Å². The summed E-state index contributed by atoms with van der Waals surface area (Å²) in [6.07, 6.45) is 7.10. The minimum Gasteiger partial charge on any atom is -0.352 e. The Morgan fingerprint density at radius 1 is 1.28 bits per heavy atom. The van der Waals surface area contributed by atoms with Crippen molar-refractivity contribution in [1.29, 1.82) is 0 Å². The fourth-order valence-corrected chi connectivity index (χ4v) is 2.46. The third kappa shape index (κ3) is 3.73. The van der Waals surface area contributed by atoms with Crippen LogP contribution in [-0.4, -0.2) is 12.5 Å². The number of carbonyl (C=O) groups excluding carboxylic acids is 1. The summed E-state index contributed by atoms with van der Waals surface area (Å²) >= 11 is 0. The molecule has 18 heavy (non-hydrogen) atoms. The number of amides is 1. The van der Waals surface area contributed by atoms with Gasteiger partial charge in [-0.25, -0.2) is 0 Å². The lowest BCUT2D eigenvalue weighted by Crippen LogP contribution is -2.28. The number of nitrogens with one attached hydrogen (secondary N) is 1. The normalized spacial score (nSPS) is 16.8. The van der Waals surface area contributed by atoms with Crippen molar-refractivity contribution in [1.82, 2.24) is 5.32 Å². The summed E-state index contributed by atoms with van der Waals surface area (Å²) in [7, 11) is 0. The van der Waals surface area contributed by atoms with E-state index in [0.717, 1.165) is 17.7 Å². The van der Waals surface area contributed by atoms with Gasteiger partial charge in [-0.05, 0) is 37.3 Å². The predicted molar refractivity (Wildman–Crippen MR) is 75.1 cm³/mol. The Morgan fingerprint density at radius 2 is 1.94 bits per heavy atom. The van der Waals surface area contributed by atoms with Crippen LogP contribution < -0.4 is 5.32 Å². The highest BCUT2D eigenvalue weighted by Crippen LogP contribution is 2.23. The van der Waals surface area contributed by atoms with E-state index in [1.54, 1.807) is 0 Å². The van der Waals surface area contributed by atoms with Crippen molar-refractivity contribution in [2.24, 2.45) is 5.92 Å². The molecule has 0 aliphatic heterocycles. The van der Waals surface area contributed by atoms with Gasteiger partial charge in [-0.15, -0.1) is 0 Å². The summed E-state index contributed by atoms with van der Waals surface area (Å²) < 4.78 is 0. The summed E-state index contributed by atoms with van der Waals surface area (Å²) in [4.78, 5) is 11.9. The molecule has 0 atom stereocenters. The molecule has 1 fully saturated rings. The number of benzene rings is 1. The second-order valence-electron chi connectivity index (χ2n) is 5.10. The first kappa shape index (κ1) is 12.9. The summed E-state index contributed by atoms with van der Waals surface area (Å²) in [6, 6.07) is 9.96. The zero-order chi connectivity index (χ0) is 12.8. The average Bonchev–Trinajstić information content (AvgIpc) is 2.90. The van der Waals surface area contributed by atoms with Gasteiger partial charge in [0, 0.05) is 12.1 Å². The lowest BCUT2D eigenvalue weighted by Gasteiger charge is -2.10. The molecule has 2 rings (SSSR count). The van der Waals surface area contributed by atoms with Crippen LogP contribution in [0.1, 0.15) is 38.2 Å². The third-order valence-corrected chi connectivity index (χ3v) is 3.57. The van der Waals surface area contributed by atoms with E-state index in [-0.39, 0.29) is 5.91 Å². The van der Waals surface area contributed by atoms with E-state index in [1.807, 2.05) is 43.3 Å². The fraction of sp³-hybridized carbons (Fsp3) is 0.438.